The van der Waals surface area contributed by atoms with E-state index in [1.165, 1.54) is 7.11 Å². The number of unbranched alkanes of at least 4 members (excludes halogenated alkanes) is 1. The van der Waals surface area contributed by atoms with Gasteiger partial charge in [0.2, 0.25) is 5.91 Å². The minimum Gasteiger partial charge on any atom is -0.481 e. The molecule has 1 aliphatic rings. The van der Waals surface area contributed by atoms with Gasteiger partial charge in [0.25, 0.3) is 0 Å². The summed E-state index contributed by atoms with van der Waals surface area (Å²) in [6.07, 6.45) is 0.620. The average molecular weight is 483 g/mol. The molecule has 0 saturated carbocycles. The van der Waals surface area contributed by atoms with Crippen molar-refractivity contribution in [3.63, 3.8) is 0 Å². The topological polar surface area (TPSA) is 114 Å². The number of rotatable bonds is 12. The lowest BCUT2D eigenvalue weighted by molar-refractivity contribution is -0.138. The number of carbonyl (C=O) groups is 3. The highest BCUT2D eigenvalue weighted by atomic mass is 16.5. The van der Waals surface area contributed by atoms with Gasteiger partial charge in [-0.25, -0.2) is 4.79 Å². The quantitative estimate of drug-likeness (QED) is 0.420. The summed E-state index contributed by atoms with van der Waals surface area (Å²) in [6.45, 7) is 3.77. The number of carboxylic acid groups (broad SMARTS) is 1. The molecule has 0 radical (unpaired) electrons. The van der Waals surface area contributed by atoms with E-state index >= 15 is 0 Å². The molecule has 0 aliphatic heterocycles. The lowest BCUT2D eigenvalue weighted by atomic mass is 9.98. The van der Waals surface area contributed by atoms with Crippen molar-refractivity contribution in [2.75, 3.05) is 13.7 Å². The average Bonchev–Trinajstić information content (AvgIpc) is 3.17. The van der Waals surface area contributed by atoms with E-state index in [0.29, 0.717) is 6.42 Å². The van der Waals surface area contributed by atoms with Crippen molar-refractivity contribution in [1.29, 1.82) is 0 Å². The highest BCUT2D eigenvalue weighted by Gasteiger charge is 2.32. The number of aliphatic carboxylic acids is 1. The Hall–Kier alpha value is -3.39. The molecule has 0 spiro atoms. The number of hydrogen-bond acceptors (Lipinski definition) is 5. The predicted octanol–water partition coefficient (Wildman–Crippen LogP) is 4.08. The first-order chi connectivity index (χ1) is 16.8. The molecule has 0 saturated heterocycles. The minimum atomic E-state index is -1.03. The van der Waals surface area contributed by atoms with Gasteiger partial charge in [0.15, 0.2) is 0 Å². The molecule has 3 rings (SSSR count). The number of carbonyl (C=O) groups excluding carboxylic acids is 2. The van der Waals surface area contributed by atoms with E-state index in [9.17, 15) is 19.5 Å². The zero-order valence-corrected chi connectivity index (χ0v) is 20.5. The first-order valence-corrected chi connectivity index (χ1v) is 12.0. The molecule has 188 valence electrons. The van der Waals surface area contributed by atoms with Crippen LogP contribution in [0, 0.1) is 0 Å². The fourth-order valence-electron chi connectivity index (χ4n) is 4.48. The Bertz CT molecular complexity index is 994. The van der Waals surface area contributed by atoms with Gasteiger partial charge in [-0.15, -0.1) is 0 Å². The van der Waals surface area contributed by atoms with E-state index in [1.807, 2.05) is 43.3 Å². The number of methoxy groups -OCH3 is 1. The van der Waals surface area contributed by atoms with Gasteiger partial charge in [-0.1, -0.05) is 68.3 Å². The van der Waals surface area contributed by atoms with Gasteiger partial charge in [-0.3, -0.25) is 9.59 Å². The molecule has 0 aromatic heterocycles. The van der Waals surface area contributed by atoms with Gasteiger partial charge in [0, 0.05) is 19.1 Å². The Balaban J connectivity index is 1.66. The third kappa shape index (κ3) is 6.60. The van der Waals surface area contributed by atoms with Crippen LogP contribution >= 0.6 is 0 Å². The second kappa shape index (κ2) is 12.4. The Kier molecular flexibility index (Phi) is 9.25. The molecule has 2 aromatic carbocycles. The maximum atomic E-state index is 13.0. The third-order valence-electron chi connectivity index (χ3n) is 6.41. The summed E-state index contributed by atoms with van der Waals surface area (Å²) in [6, 6.07) is 14.5. The van der Waals surface area contributed by atoms with Crippen molar-refractivity contribution in [1.82, 2.24) is 10.6 Å². The summed E-state index contributed by atoms with van der Waals surface area (Å²) in [5.74, 6) is -1.60. The van der Waals surface area contributed by atoms with E-state index in [1.54, 1.807) is 6.92 Å². The molecule has 3 N–H and O–H groups in total. The van der Waals surface area contributed by atoms with Crippen LogP contribution in [-0.2, 0) is 19.1 Å². The fraction of sp³-hybridized carbons (Fsp3) is 0.444. The zero-order valence-electron chi connectivity index (χ0n) is 20.5. The second-order valence-electron chi connectivity index (χ2n) is 8.83. The predicted molar refractivity (Wildman–Crippen MR) is 132 cm³/mol. The summed E-state index contributed by atoms with van der Waals surface area (Å²) in [5, 5.41) is 14.5. The molecule has 0 heterocycles. The van der Waals surface area contributed by atoms with E-state index < -0.39 is 36.2 Å². The summed E-state index contributed by atoms with van der Waals surface area (Å²) in [7, 11) is 1.44. The van der Waals surface area contributed by atoms with Crippen molar-refractivity contribution < 1.29 is 29.0 Å². The summed E-state index contributed by atoms with van der Waals surface area (Å²) < 4.78 is 10.9. The van der Waals surface area contributed by atoms with Crippen LogP contribution in [0.1, 0.15) is 56.6 Å². The number of nitrogens with one attached hydrogen (secondary N) is 2. The highest BCUT2D eigenvalue weighted by molar-refractivity contribution is 5.87. The van der Waals surface area contributed by atoms with Gasteiger partial charge < -0.3 is 25.2 Å². The number of amides is 2. The van der Waals surface area contributed by atoms with Crippen molar-refractivity contribution in [2.45, 2.75) is 63.6 Å². The summed E-state index contributed by atoms with van der Waals surface area (Å²) >= 11 is 0. The fourth-order valence-corrected chi connectivity index (χ4v) is 4.48. The Morgan fingerprint density at radius 2 is 1.60 bits per heavy atom. The van der Waals surface area contributed by atoms with Gasteiger partial charge in [-0.05, 0) is 35.6 Å². The largest absolute Gasteiger partial charge is 0.481 e. The smallest absolute Gasteiger partial charge is 0.407 e. The Morgan fingerprint density at radius 3 is 2.14 bits per heavy atom. The molecule has 8 nitrogen and oxygen atoms in total. The van der Waals surface area contributed by atoms with Gasteiger partial charge in [0.05, 0.1) is 12.5 Å². The summed E-state index contributed by atoms with van der Waals surface area (Å²) in [5.41, 5.74) is 4.43. The van der Waals surface area contributed by atoms with Crippen LogP contribution in [0.15, 0.2) is 48.5 Å². The highest BCUT2D eigenvalue weighted by Crippen LogP contribution is 2.44. The van der Waals surface area contributed by atoms with Crippen LogP contribution in [0.4, 0.5) is 4.79 Å². The maximum absolute atomic E-state index is 13.0. The van der Waals surface area contributed by atoms with Crippen molar-refractivity contribution in [3.05, 3.63) is 59.7 Å². The van der Waals surface area contributed by atoms with Crippen molar-refractivity contribution in [2.24, 2.45) is 0 Å². The number of ether oxygens (including phenoxy) is 2. The van der Waals surface area contributed by atoms with E-state index in [0.717, 1.165) is 35.1 Å². The van der Waals surface area contributed by atoms with E-state index in [2.05, 4.69) is 22.8 Å². The number of hydrogen-bond donors (Lipinski definition) is 3. The van der Waals surface area contributed by atoms with Crippen molar-refractivity contribution in [3.8, 4) is 11.1 Å². The molecular weight excluding hydrogens is 448 g/mol. The first-order valence-electron chi connectivity index (χ1n) is 12.0. The molecule has 35 heavy (non-hydrogen) atoms. The molecule has 8 heteroatoms. The third-order valence-corrected chi connectivity index (χ3v) is 6.41. The van der Waals surface area contributed by atoms with Crippen LogP contribution in [0.5, 0.6) is 0 Å². The number of fused-ring (bicyclic) bond motifs is 3. The van der Waals surface area contributed by atoms with E-state index in [-0.39, 0.29) is 18.9 Å². The number of alkyl carbamates (subject to hydrolysis) is 1. The van der Waals surface area contributed by atoms with Gasteiger partial charge >= 0.3 is 12.1 Å². The van der Waals surface area contributed by atoms with E-state index in [4.69, 9.17) is 9.47 Å². The normalized spacial score (nSPS) is 14.8. The zero-order chi connectivity index (χ0) is 25.4. The molecule has 2 amide bonds. The Morgan fingerprint density at radius 1 is 1.00 bits per heavy atom. The molecule has 0 bridgehead atoms. The minimum absolute atomic E-state index is 0.103. The number of benzene rings is 2. The molecule has 2 aromatic rings. The first kappa shape index (κ1) is 26.2. The monoisotopic (exact) mass is 482 g/mol. The SMILES string of the molecule is CCCC[C@@H](CC(=O)O)NC(=O)[C@@H](NC(=O)OCC1c2ccccc2-c2ccccc21)[C@@H](C)OC. The second-order valence-corrected chi connectivity index (χ2v) is 8.83. The standard InChI is InChI=1S/C27H34N2O6/c1-4-5-10-18(15-24(30)31)28-26(32)25(17(2)34-3)29-27(33)35-16-23-21-13-8-6-11-19(21)20-12-7-9-14-22(20)23/h6-9,11-14,17-18,23,25H,4-5,10,15-16H2,1-3H3,(H,28,32)(H,29,33)(H,30,31)/t17-,18+,25+/m1/s1. The van der Waals surface area contributed by atoms with Crippen LogP contribution in [-0.4, -0.2) is 55.0 Å². The lowest BCUT2D eigenvalue weighted by Gasteiger charge is -2.26. The van der Waals surface area contributed by atoms with Gasteiger partial charge in [-0.2, -0.15) is 0 Å². The van der Waals surface area contributed by atoms with Crippen LogP contribution in [0.3, 0.4) is 0 Å². The van der Waals surface area contributed by atoms with Gasteiger partial charge in [0.1, 0.15) is 12.6 Å². The number of carboxylic acids is 1. The molecule has 0 fully saturated rings. The lowest BCUT2D eigenvalue weighted by Crippen LogP contribution is -2.55. The van der Waals surface area contributed by atoms with Crippen LogP contribution in [0.2, 0.25) is 0 Å². The molecule has 0 unspecified atom stereocenters. The maximum Gasteiger partial charge on any atom is 0.407 e. The van der Waals surface area contributed by atoms with Crippen molar-refractivity contribution >= 4 is 18.0 Å². The van der Waals surface area contributed by atoms with Crippen LogP contribution in [0.25, 0.3) is 11.1 Å². The molecule has 1 aliphatic carbocycles. The molecule has 3 atom stereocenters. The Labute approximate surface area is 206 Å². The summed E-state index contributed by atoms with van der Waals surface area (Å²) in [4.78, 5) is 36.9. The van der Waals surface area contributed by atoms with Crippen LogP contribution < -0.4 is 10.6 Å². The molecular formula is C27H34N2O6.